The van der Waals surface area contributed by atoms with Crippen molar-refractivity contribution in [1.82, 2.24) is 0 Å². The lowest BCUT2D eigenvalue weighted by Gasteiger charge is -1.95. The Labute approximate surface area is 53.6 Å². The van der Waals surface area contributed by atoms with E-state index in [0.717, 1.165) is 19.4 Å². The fourth-order valence-corrected chi connectivity index (χ4v) is 0.839. The standard InChI is InChI=1S/C5H7NOS/c8-4-6-5-2-1-3-7-5/h5H,1-3H2. The molecule has 8 heavy (non-hydrogen) atoms. The van der Waals surface area contributed by atoms with E-state index in [1.807, 2.05) is 0 Å². The molecule has 0 spiro atoms. The highest BCUT2D eigenvalue weighted by atomic mass is 32.1. The quantitative estimate of drug-likeness (QED) is 0.392. The minimum absolute atomic E-state index is 0.0208. The van der Waals surface area contributed by atoms with Crippen LogP contribution in [-0.4, -0.2) is 18.0 Å². The zero-order valence-electron chi connectivity index (χ0n) is 4.46. The Kier molecular flexibility index (Phi) is 2.15. The molecule has 1 fully saturated rings. The molecule has 44 valence electrons. The predicted octanol–water partition coefficient (Wildman–Crippen LogP) is 1.23. The number of isothiocyanates is 1. The lowest BCUT2D eigenvalue weighted by Crippen LogP contribution is -1.97. The van der Waals surface area contributed by atoms with Gasteiger partial charge < -0.3 is 4.74 Å². The molecule has 0 bridgehead atoms. The van der Waals surface area contributed by atoms with Gasteiger partial charge in [0, 0.05) is 6.61 Å². The summed E-state index contributed by atoms with van der Waals surface area (Å²) in [4.78, 5) is 3.77. The molecule has 1 aliphatic rings. The van der Waals surface area contributed by atoms with Crippen molar-refractivity contribution >= 4 is 17.4 Å². The van der Waals surface area contributed by atoms with Crippen LogP contribution in [0.25, 0.3) is 0 Å². The number of hydrogen-bond donors (Lipinski definition) is 0. The molecule has 0 aromatic rings. The van der Waals surface area contributed by atoms with E-state index in [4.69, 9.17) is 4.74 Å². The largest absolute Gasteiger partial charge is 0.356 e. The smallest absolute Gasteiger partial charge is 0.158 e. The van der Waals surface area contributed by atoms with Crippen LogP contribution in [0.1, 0.15) is 12.8 Å². The SMILES string of the molecule is S=C=NC1CCCO1. The van der Waals surface area contributed by atoms with Crippen molar-refractivity contribution in [3.8, 4) is 0 Å². The first kappa shape index (κ1) is 5.89. The summed E-state index contributed by atoms with van der Waals surface area (Å²) >= 11 is 4.39. The molecule has 1 saturated heterocycles. The number of hydrogen-bond acceptors (Lipinski definition) is 3. The third-order valence-corrected chi connectivity index (χ3v) is 1.21. The number of rotatable bonds is 1. The van der Waals surface area contributed by atoms with E-state index in [9.17, 15) is 0 Å². The summed E-state index contributed by atoms with van der Waals surface area (Å²) in [6.07, 6.45) is 2.13. The van der Waals surface area contributed by atoms with Gasteiger partial charge in [-0.2, -0.15) is 0 Å². The van der Waals surface area contributed by atoms with Crippen molar-refractivity contribution < 1.29 is 4.74 Å². The molecule has 0 aromatic heterocycles. The molecule has 2 nitrogen and oxygen atoms in total. The van der Waals surface area contributed by atoms with Crippen LogP contribution in [-0.2, 0) is 4.74 Å². The maximum Gasteiger partial charge on any atom is 0.158 e. The number of thiocarbonyl (C=S) groups is 1. The minimum Gasteiger partial charge on any atom is -0.356 e. The first-order chi connectivity index (χ1) is 3.93. The summed E-state index contributed by atoms with van der Waals surface area (Å²) in [7, 11) is 0. The molecule has 0 radical (unpaired) electrons. The van der Waals surface area contributed by atoms with Crippen molar-refractivity contribution in [3.05, 3.63) is 0 Å². The molecule has 0 saturated carbocycles. The molecular formula is C5H7NOS. The van der Waals surface area contributed by atoms with E-state index in [0.29, 0.717) is 0 Å². The fraction of sp³-hybridized carbons (Fsp3) is 0.800. The molecule has 3 heteroatoms. The topological polar surface area (TPSA) is 21.6 Å². The lowest BCUT2D eigenvalue weighted by atomic mass is 10.3. The Bertz CT molecular complexity index is 114. The van der Waals surface area contributed by atoms with Gasteiger partial charge in [-0.25, -0.2) is 4.99 Å². The van der Waals surface area contributed by atoms with Crippen LogP contribution in [0.5, 0.6) is 0 Å². The second-order valence-electron chi connectivity index (χ2n) is 1.69. The highest BCUT2D eigenvalue weighted by Crippen LogP contribution is 2.11. The van der Waals surface area contributed by atoms with E-state index < -0.39 is 0 Å². The van der Waals surface area contributed by atoms with Crippen molar-refractivity contribution in [2.75, 3.05) is 6.61 Å². The van der Waals surface area contributed by atoms with E-state index in [2.05, 4.69) is 22.4 Å². The van der Waals surface area contributed by atoms with Crippen molar-refractivity contribution in [2.45, 2.75) is 19.1 Å². The number of ether oxygens (including phenoxy) is 1. The molecule has 1 rings (SSSR count). The Morgan fingerprint density at radius 2 is 2.62 bits per heavy atom. The molecule has 0 aliphatic carbocycles. The van der Waals surface area contributed by atoms with Gasteiger partial charge in [0.25, 0.3) is 0 Å². The van der Waals surface area contributed by atoms with Gasteiger partial charge in [-0.05, 0) is 25.1 Å². The van der Waals surface area contributed by atoms with Gasteiger partial charge in [0.1, 0.15) is 0 Å². The second kappa shape index (κ2) is 2.92. The van der Waals surface area contributed by atoms with Crippen molar-refractivity contribution in [3.63, 3.8) is 0 Å². The average Bonchev–Trinajstić information content (AvgIpc) is 2.19. The summed E-state index contributed by atoms with van der Waals surface area (Å²) in [5.41, 5.74) is 0. The maximum absolute atomic E-state index is 5.10. The summed E-state index contributed by atoms with van der Waals surface area (Å²) < 4.78 is 5.10. The van der Waals surface area contributed by atoms with E-state index in [1.54, 1.807) is 0 Å². The summed E-state index contributed by atoms with van der Waals surface area (Å²) in [5.74, 6) is 0. The molecular weight excluding hydrogens is 122 g/mol. The number of nitrogens with zero attached hydrogens (tertiary/aromatic N) is 1. The van der Waals surface area contributed by atoms with Gasteiger partial charge in [-0.3, -0.25) is 0 Å². The Balaban J connectivity index is 2.35. The molecule has 0 N–H and O–H groups in total. The molecule has 1 atom stereocenters. The van der Waals surface area contributed by atoms with Gasteiger partial charge >= 0.3 is 0 Å². The Hall–Kier alpha value is -0.240. The van der Waals surface area contributed by atoms with Gasteiger partial charge in [-0.1, -0.05) is 0 Å². The third-order valence-electron chi connectivity index (χ3n) is 1.10. The zero-order chi connectivity index (χ0) is 5.82. The normalized spacial score (nSPS) is 27.2. The Morgan fingerprint density at radius 1 is 1.75 bits per heavy atom. The van der Waals surface area contributed by atoms with Crippen molar-refractivity contribution in [2.24, 2.45) is 4.99 Å². The minimum atomic E-state index is 0.0208. The second-order valence-corrected chi connectivity index (χ2v) is 1.87. The maximum atomic E-state index is 5.10. The fourth-order valence-electron chi connectivity index (χ4n) is 0.721. The van der Waals surface area contributed by atoms with Crippen LogP contribution in [0.4, 0.5) is 0 Å². The summed E-state index contributed by atoms with van der Waals surface area (Å²) in [5, 5.41) is 2.29. The lowest BCUT2D eigenvalue weighted by molar-refractivity contribution is 0.119. The van der Waals surface area contributed by atoms with Crippen LogP contribution >= 0.6 is 12.2 Å². The van der Waals surface area contributed by atoms with Crippen LogP contribution in [0.15, 0.2) is 4.99 Å². The van der Waals surface area contributed by atoms with E-state index >= 15 is 0 Å². The summed E-state index contributed by atoms with van der Waals surface area (Å²) in [6.45, 7) is 0.825. The monoisotopic (exact) mass is 129 g/mol. The summed E-state index contributed by atoms with van der Waals surface area (Å²) in [6, 6.07) is 0. The van der Waals surface area contributed by atoms with Gasteiger partial charge in [0.2, 0.25) is 0 Å². The highest BCUT2D eigenvalue weighted by molar-refractivity contribution is 7.78. The molecule has 1 unspecified atom stereocenters. The zero-order valence-corrected chi connectivity index (χ0v) is 5.28. The highest BCUT2D eigenvalue weighted by Gasteiger charge is 2.11. The van der Waals surface area contributed by atoms with Crippen molar-refractivity contribution in [1.29, 1.82) is 0 Å². The van der Waals surface area contributed by atoms with Crippen LogP contribution < -0.4 is 0 Å². The van der Waals surface area contributed by atoms with Crippen LogP contribution in [0, 0.1) is 0 Å². The molecule has 1 aliphatic heterocycles. The molecule has 0 aromatic carbocycles. The van der Waals surface area contributed by atoms with Crippen LogP contribution in [0.3, 0.4) is 0 Å². The molecule has 0 amide bonds. The van der Waals surface area contributed by atoms with Crippen LogP contribution in [0.2, 0.25) is 0 Å². The van der Waals surface area contributed by atoms with Gasteiger partial charge in [0.15, 0.2) is 6.23 Å². The first-order valence-corrected chi connectivity index (χ1v) is 3.03. The molecule has 1 heterocycles. The van der Waals surface area contributed by atoms with E-state index in [1.165, 1.54) is 0 Å². The van der Waals surface area contributed by atoms with E-state index in [-0.39, 0.29) is 6.23 Å². The first-order valence-electron chi connectivity index (χ1n) is 2.62. The number of aliphatic imine (C=N–C) groups is 1. The Morgan fingerprint density at radius 3 is 3.12 bits per heavy atom. The van der Waals surface area contributed by atoms with Gasteiger partial charge in [-0.15, -0.1) is 0 Å². The van der Waals surface area contributed by atoms with Gasteiger partial charge in [0.05, 0.1) is 5.16 Å². The third kappa shape index (κ3) is 1.37. The average molecular weight is 129 g/mol. The predicted molar refractivity (Wildman–Crippen MR) is 34.0 cm³/mol.